The van der Waals surface area contributed by atoms with Gasteiger partial charge in [0.2, 0.25) is 5.79 Å². The summed E-state index contributed by atoms with van der Waals surface area (Å²) in [5, 5.41) is 9.21. The molecular weight excluding hydrogens is 300 g/mol. The van der Waals surface area contributed by atoms with Crippen molar-refractivity contribution in [1.29, 1.82) is 0 Å². The van der Waals surface area contributed by atoms with Crippen LogP contribution in [0.15, 0.2) is 0 Å². The van der Waals surface area contributed by atoms with Crippen LogP contribution in [0.5, 0.6) is 0 Å². The van der Waals surface area contributed by atoms with Gasteiger partial charge in [-0.2, -0.15) is 0 Å². The summed E-state index contributed by atoms with van der Waals surface area (Å²) < 4.78 is 12.3. The lowest BCUT2D eigenvalue weighted by Gasteiger charge is -2.60. The van der Waals surface area contributed by atoms with Crippen molar-refractivity contribution >= 4 is 5.97 Å². The van der Waals surface area contributed by atoms with E-state index in [-0.39, 0.29) is 24.4 Å². The average molecular weight is 326 g/mol. The van der Waals surface area contributed by atoms with Crippen molar-refractivity contribution in [2.45, 2.75) is 76.7 Å². The summed E-state index contributed by atoms with van der Waals surface area (Å²) in [6.45, 7) is 6.23. The number of aliphatic carboxylic acids is 1. The number of hydrogen-bond acceptors (Lipinski definition) is 5. The van der Waals surface area contributed by atoms with Gasteiger partial charge < -0.3 is 14.6 Å². The third-order valence-corrected chi connectivity index (χ3v) is 6.67. The first-order chi connectivity index (χ1) is 10.9. The highest BCUT2D eigenvalue weighted by Gasteiger charge is 2.69. The Hall–Kier alpha value is -0.690. The molecule has 0 aromatic rings. The highest BCUT2D eigenvalue weighted by atomic mass is 17.3. The van der Waals surface area contributed by atoms with Crippen LogP contribution < -0.4 is 0 Å². The quantitative estimate of drug-likeness (QED) is 0.787. The first kappa shape index (κ1) is 15.8. The van der Waals surface area contributed by atoms with Crippen LogP contribution in [-0.2, 0) is 24.0 Å². The molecule has 23 heavy (non-hydrogen) atoms. The molecule has 6 heteroatoms. The van der Waals surface area contributed by atoms with Crippen LogP contribution in [0.4, 0.5) is 0 Å². The van der Waals surface area contributed by atoms with Crippen molar-refractivity contribution in [3.05, 3.63) is 0 Å². The predicted octanol–water partition coefficient (Wildman–Crippen LogP) is 2.71. The summed E-state index contributed by atoms with van der Waals surface area (Å²) >= 11 is 0. The predicted molar refractivity (Wildman–Crippen MR) is 79.1 cm³/mol. The van der Waals surface area contributed by atoms with Crippen LogP contribution in [0.25, 0.3) is 0 Å². The average Bonchev–Trinajstić information content (AvgIpc) is 2.70. The number of carboxylic acid groups (broad SMARTS) is 1. The van der Waals surface area contributed by atoms with Gasteiger partial charge >= 0.3 is 5.97 Å². The summed E-state index contributed by atoms with van der Waals surface area (Å²) in [7, 11) is 0. The number of ether oxygens (including phenoxy) is 2. The van der Waals surface area contributed by atoms with E-state index < -0.39 is 23.6 Å². The third kappa shape index (κ3) is 2.18. The Morgan fingerprint density at radius 2 is 1.96 bits per heavy atom. The zero-order valence-electron chi connectivity index (χ0n) is 14.0. The van der Waals surface area contributed by atoms with Gasteiger partial charge in [-0.1, -0.05) is 13.8 Å². The number of carbonyl (C=O) groups is 1. The van der Waals surface area contributed by atoms with Gasteiger partial charge in [0.1, 0.15) is 0 Å². The van der Waals surface area contributed by atoms with Crippen LogP contribution in [-0.4, -0.2) is 34.9 Å². The topological polar surface area (TPSA) is 74.2 Å². The molecule has 0 unspecified atom stereocenters. The standard InChI is InChI=1S/C17H26O6/c1-9-4-5-12-10(2)13(8-14(18)19)20-15-17(12)11(9)6-7-16(3,21-15)22-23-17/h9-13,15H,4-8H2,1-3H3,(H,18,19)/t9-,10-,11+,12+,13-,15-,16+,17-/m1/s1. The van der Waals surface area contributed by atoms with E-state index in [2.05, 4.69) is 13.8 Å². The van der Waals surface area contributed by atoms with E-state index in [4.69, 9.17) is 19.2 Å². The van der Waals surface area contributed by atoms with Gasteiger partial charge in [0, 0.05) is 12.3 Å². The molecule has 2 bridgehead atoms. The molecule has 0 aromatic heterocycles. The minimum Gasteiger partial charge on any atom is -0.481 e. The number of hydrogen-bond donors (Lipinski definition) is 1. The highest BCUT2D eigenvalue weighted by Crippen LogP contribution is 2.60. The van der Waals surface area contributed by atoms with Gasteiger partial charge in [0.15, 0.2) is 11.9 Å². The van der Waals surface area contributed by atoms with Gasteiger partial charge in [0.25, 0.3) is 0 Å². The smallest absolute Gasteiger partial charge is 0.305 e. The molecule has 5 aliphatic rings. The van der Waals surface area contributed by atoms with Crippen LogP contribution in [0.3, 0.4) is 0 Å². The maximum atomic E-state index is 11.2. The van der Waals surface area contributed by atoms with Crippen molar-refractivity contribution in [2.24, 2.45) is 23.7 Å². The van der Waals surface area contributed by atoms with Crippen LogP contribution in [0.1, 0.15) is 52.9 Å². The second kappa shape index (κ2) is 5.15. The molecule has 5 fully saturated rings. The van der Waals surface area contributed by atoms with Gasteiger partial charge in [-0.15, -0.1) is 0 Å². The molecule has 0 aromatic carbocycles. The second-order valence-corrected chi connectivity index (χ2v) is 8.04. The molecule has 0 radical (unpaired) electrons. The van der Waals surface area contributed by atoms with Crippen molar-refractivity contribution in [1.82, 2.24) is 0 Å². The van der Waals surface area contributed by atoms with Gasteiger partial charge in [-0.3, -0.25) is 4.79 Å². The molecule has 5 rings (SSSR count). The minimum absolute atomic E-state index is 0.00536. The fourth-order valence-electron chi connectivity index (χ4n) is 5.38. The Balaban J connectivity index is 1.74. The van der Waals surface area contributed by atoms with Crippen molar-refractivity contribution < 1.29 is 29.1 Å². The van der Waals surface area contributed by atoms with E-state index in [1.807, 2.05) is 6.92 Å². The Morgan fingerprint density at radius 1 is 1.17 bits per heavy atom. The fourth-order valence-corrected chi connectivity index (χ4v) is 5.38. The minimum atomic E-state index is -0.833. The van der Waals surface area contributed by atoms with E-state index in [9.17, 15) is 9.90 Å². The molecule has 4 heterocycles. The Labute approximate surface area is 136 Å². The molecule has 1 N–H and O–H groups in total. The summed E-state index contributed by atoms with van der Waals surface area (Å²) in [5.74, 6) is -0.481. The van der Waals surface area contributed by atoms with E-state index in [0.29, 0.717) is 11.8 Å². The monoisotopic (exact) mass is 326 g/mol. The zero-order valence-corrected chi connectivity index (χ0v) is 14.0. The van der Waals surface area contributed by atoms with Gasteiger partial charge in [0.05, 0.1) is 12.5 Å². The van der Waals surface area contributed by atoms with E-state index in [0.717, 1.165) is 25.7 Å². The lowest BCUT2D eigenvalue weighted by molar-refractivity contribution is -0.571. The number of fused-ring (bicyclic) bond motifs is 2. The molecule has 8 atom stereocenters. The highest BCUT2D eigenvalue weighted by molar-refractivity contribution is 5.67. The molecule has 6 nitrogen and oxygen atoms in total. The van der Waals surface area contributed by atoms with Gasteiger partial charge in [-0.25, -0.2) is 9.78 Å². The molecule has 130 valence electrons. The number of carboxylic acids is 1. The van der Waals surface area contributed by atoms with Crippen molar-refractivity contribution in [3.8, 4) is 0 Å². The van der Waals surface area contributed by atoms with Crippen molar-refractivity contribution in [3.63, 3.8) is 0 Å². The lowest BCUT2D eigenvalue weighted by atomic mass is 9.57. The van der Waals surface area contributed by atoms with Gasteiger partial charge in [-0.05, 0) is 43.9 Å². The summed E-state index contributed by atoms with van der Waals surface area (Å²) in [5.41, 5.74) is -0.595. The first-order valence-electron chi connectivity index (χ1n) is 8.77. The maximum absolute atomic E-state index is 11.2. The summed E-state index contributed by atoms with van der Waals surface area (Å²) in [4.78, 5) is 23.0. The molecule has 0 amide bonds. The molecule has 4 aliphatic heterocycles. The Kier molecular flexibility index (Phi) is 3.54. The van der Waals surface area contributed by atoms with Crippen LogP contribution >= 0.6 is 0 Å². The first-order valence-corrected chi connectivity index (χ1v) is 8.77. The third-order valence-electron chi connectivity index (χ3n) is 6.67. The normalized spacial score (nSPS) is 55.1. The molecule has 1 saturated carbocycles. The fraction of sp³-hybridized carbons (Fsp3) is 0.941. The van der Waals surface area contributed by atoms with E-state index in [1.54, 1.807) is 0 Å². The maximum Gasteiger partial charge on any atom is 0.305 e. The molecule has 4 saturated heterocycles. The van der Waals surface area contributed by atoms with Crippen LogP contribution in [0, 0.1) is 23.7 Å². The van der Waals surface area contributed by atoms with E-state index in [1.165, 1.54) is 0 Å². The second-order valence-electron chi connectivity index (χ2n) is 8.04. The molecule has 1 aliphatic carbocycles. The molecular formula is C17H26O6. The van der Waals surface area contributed by atoms with Crippen LogP contribution in [0.2, 0.25) is 0 Å². The largest absolute Gasteiger partial charge is 0.481 e. The summed E-state index contributed by atoms with van der Waals surface area (Å²) in [6.07, 6.45) is 3.02. The number of rotatable bonds is 2. The Morgan fingerprint density at radius 3 is 2.70 bits per heavy atom. The van der Waals surface area contributed by atoms with E-state index >= 15 is 0 Å². The summed E-state index contributed by atoms with van der Waals surface area (Å²) in [6, 6.07) is 0. The molecule has 1 spiro atoms. The zero-order chi connectivity index (χ0) is 16.4. The Bertz CT molecular complexity index is 509. The van der Waals surface area contributed by atoms with Crippen molar-refractivity contribution in [2.75, 3.05) is 0 Å². The SMILES string of the molecule is C[C@H]1[C@@H](CC(=O)O)O[C@@H]2O[C@]3(C)CC[C@H]4[C@H](C)CC[C@@H]1[C@@]24OO3. The lowest BCUT2D eigenvalue weighted by Crippen LogP contribution is -2.70.